The van der Waals surface area contributed by atoms with E-state index in [1.165, 1.54) is 26.4 Å². The highest BCUT2D eigenvalue weighted by atomic mass is 16.5. The van der Waals surface area contributed by atoms with Gasteiger partial charge in [0.2, 0.25) is 11.8 Å². The van der Waals surface area contributed by atoms with Crippen molar-refractivity contribution < 1.29 is 33.5 Å². The van der Waals surface area contributed by atoms with Gasteiger partial charge in [-0.15, -0.1) is 10.2 Å². The maximum atomic E-state index is 13.3. The molecule has 1 atom stereocenters. The molecular weight excluding hydrogens is 738 g/mol. The van der Waals surface area contributed by atoms with Crippen LogP contribution >= 0.6 is 0 Å². The van der Waals surface area contributed by atoms with Gasteiger partial charge in [0.1, 0.15) is 18.2 Å². The van der Waals surface area contributed by atoms with Gasteiger partial charge in [-0.2, -0.15) is 5.10 Å². The summed E-state index contributed by atoms with van der Waals surface area (Å²) in [5, 5.41) is 29.5. The van der Waals surface area contributed by atoms with E-state index in [0.717, 1.165) is 4.90 Å². The highest BCUT2D eigenvalue weighted by Crippen LogP contribution is 2.37. The average molecular weight is 774 g/mol. The molecule has 57 heavy (non-hydrogen) atoms. The summed E-state index contributed by atoms with van der Waals surface area (Å²) in [4.78, 5) is 85.7. The minimum absolute atomic E-state index is 0.0180. The van der Waals surface area contributed by atoms with Gasteiger partial charge in [0.05, 0.1) is 40.7 Å². The molecule has 6 amide bonds. The van der Waals surface area contributed by atoms with Crippen LogP contribution in [0.15, 0.2) is 67.1 Å². The van der Waals surface area contributed by atoms with E-state index in [2.05, 4.69) is 57.2 Å². The molecule has 2 aliphatic rings. The van der Waals surface area contributed by atoms with Gasteiger partial charge >= 0.3 is 0 Å². The molecule has 1 fully saturated rings. The first-order valence-electron chi connectivity index (χ1n) is 17.6. The van der Waals surface area contributed by atoms with Crippen LogP contribution in [-0.2, 0) is 16.6 Å². The summed E-state index contributed by atoms with van der Waals surface area (Å²) in [5.74, 6) is -1.81. The SMILES string of the molecule is CNC(=O)c1nnc(Nc2ccc(C(=O)NCCNc3cccc4c3C(=O)N(C3CCC(=O)NC3=O)C4=O)cn2)cc1Nc1cccc(-c2ncn(C)n2)c1OC. The Bertz CT molecular complexity index is 2430. The number of nitrogens with one attached hydrogen (secondary N) is 6. The minimum atomic E-state index is -1.08. The Balaban J connectivity index is 0.977. The fourth-order valence-electron chi connectivity index (χ4n) is 6.34. The van der Waals surface area contributed by atoms with Gasteiger partial charge in [-0.1, -0.05) is 12.1 Å². The van der Waals surface area contributed by atoms with Crippen LogP contribution in [0.25, 0.3) is 11.4 Å². The number of carbonyl (C=O) groups excluding carboxylic acids is 6. The number of aryl methyl sites for hydroxylation is 1. The summed E-state index contributed by atoms with van der Waals surface area (Å²) in [6.45, 7) is 0.350. The Morgan fingerprint density at radius 2 is 1.67 bits per heavy atom. The van der Waals surface area contributed by atoms with Crippen LogP contribution in [0.5, 0.6) is 5.75 Å². The van der Waals surface area contributed by atoms with Crippen LogP contribution in [0, 0.1) is 0 Å². The summed E-state index contributed by atoms with van der Waals surface area (Å²) >= 11 is 0. The van der Waals surface area contributed by atoms with E-state index in [1.807, 2.05) is 6.07 Å². The highest BCUT2D eigenvalue weighted by Gasteiger charge is 2.45. The zero-order chi connectivity index (χ0) is 40.2. The number of imide groups is 2. The number of nitrogens with zero attached hydrogens (tertiary/aromatic N) is 7. The van der Waals surface area contributed by atoms with Crippen molar-refractivity contribution in [1.29, 1.82) is 0 Å². The lowest BCUT2D eigenvalue weighted by Crippen LogP contribution is -2.54. The molecule has 6 N–H and O–H groups in total. The van der Waals surface area contributed by atoms with Gasteiger partial charge in [0, 0.05) is 51.6 Å². The summed E-state index contributed by atoms with van der Waals surface area (Å²) in [6, 6.07) is 13.7. The Kier molecular flexibility index (Phi) is 10.5. The lowest BCUT2D eigenvalue weighted by Gasteiger charge is -2.27. The Morgan fingerprint density at radius 3 is 2.37 bits per heavy atom. The number of anilines is 5. The van der Waals surface area contributed by atoms with Gasteiger partial charge < -0.3 is 31.3 Å². The molecule has 2 aromatic carbocycles. The van der Waals surface area contributed by atoms with Crippen molar-refractivity contribution in [3.05, 3.63) is 89.5 Å². The average Bonchev–Trinajstić information content (AvgIpc) is 3.76. The monoisotopic (exact) mass is 773 g/mol. The fourth-order valence-corrected chi connectivity index (χ4v) is 6.34. The van der Waals surface area contributed by atoms with Crippen LogP contribution in [0.4, 0.5) is 28.7 Å². The Hall–Kier alpha value is -7.77. The molecule has 1 saturated heterocycles. The van der Waals surface area contributed by atoms with E-state index >= 15 is 0 Å². The second kappa shape index (κ2) is 15.9. The standard InChI is InChI=1S/C37H35N13O7/c1-38-35(54)30-24(43-23-9-5-7-21(31(23)57-3)32-42-18-49(2)48-32)16-27(46-47-30)44-26-12-10-19(17-41-26)33(52)40-15-14-39-22-8-4-6-20-29(22)37(56)50(36(20)55)25-11-13-28(51)45-34(25)53/h4-10,12,16-18,25,39H,11,13-15H2,1-3H3,(H,38,54)(H,40,52)(H,45,51,53)(H2,41,43,44,46). The predicted molar refractivity (Wildman–Crippen MR) is 203 cm³/mol. The summed E-state index contributed by atoms with van der Waals surface area (Å²) in [6.07, 6.45) is 3.01. The van der Waals surface area contributed by atoms with Crippen molar-refractivity contribution in [2.75, 3.05) is 43.2 Å². The third kappa shape index (κ3) is 7.63. The highest BCUT2D eigenvalue weighted by molar-refractivity contribution is 6.25. The van der Waals surface area contributed by atoms with Gasteiger partial charge in [-0.25, -0.2) is 9.97 Å². The molecule has 0 radical (unpaired) electrons. The zero-order valence-corrected chi connectivity index (χ0v) is 30.7. The quantitative estimate of drug-likeness (QED) is 0.0736. The molecule has 5 heterocycles. The normalized spacial score (nSPS) is 14.8. The number of para-hydroxylation sites is 1. The van der Waals surface area contributed by atoms with Crippen molar-refractivity contribution in [1.82, 2.24) is 50.8 Å². The van der Waals surface area contributed by atoms with Crippen LogP contribution in [-0.4, -0.2) is 104 Å². The number of benzene rings is 2. The van der Waals surface area contributed by atoms with Gasteiger partial charge in [0.15, 0.2) is 23.1 Å². The molecular formula is C37H35N13O7. The molecule has 20 heteroatoms. The summed E-state index contributed by atoms with van der Waals surface area (Å²) < 4.78 is 7.28. The molecule has 0 aliphatic carbocycles. The van der Waals surface area contributed by atoms with Crippen LogP contribution < -0.4 is 36.6 Å². The second-order valence-electron chi connectivity index (χ2n) is 12.7. The minimum Gasteiger partial charge on any atom is -0.494 e. The van der Waals surface area contributed by atoms with Crippen molar-refractivity contribution in [3.8, 4) is 17.1 Å². The number of amides is 6. The molecule has 0 spiro atoms. The molecule has 0 bridgehead atoms. The lowest BCUT2D eigenvalue weighted by atomic mass is 10.0. The van der Waals surface area contributed by atoms with Crippen molar-refractivity contribution in [2.24, 2.45) is 7.05 Å². The molecule has 290 valence electrons. The van der Waals surface area contributed by atoms with E-state index < -0.39 is 41.5 Å². The number of hydrogen-bond acceptors (Lipinski definition) is 15. The first-order chi connectivity index (χ1) is 27.6. The number of pyridine rings is 1. The molecule has 5 aromatic rings. The molecule has 3 aromatic heterocycles. The van der Waals surface area contributed by atoms with E-state index in [1.54, 1.807) is 60.5 Å². The van der Waals surface area contributed by atoms with E-state index in [9.17, 15) is 28.8 Å². The maximum absolute atomic E-state index is 13.3. The first-order valence-corrected chi connectivity index (χ1v) is 17.6. The number of ether oxygens (including phenoxy) is 1. The predicted octanol–water partition coefficient (Wildman–Crippen LogP) is 1.77. The van der Waals surface area contributed by atoms with E-state index in [4.69, 9.17) is 4.74 Å². The van der Waals surface area contributed by atoms with E-state index in [-0.39, 0.29) is 54.1 Å². The van der Waals surface area contributed by atoms with Gasteiger partial charge in [-0.05, 0) is 42.8 Å². The Labute approximate surface area is 323 Å². The summed E-state index contributed by atoms with van der Waals surface area (Å²) in [5.41, 5.74) is 2.37. The number of hydrogen-bond donors (Lipinski definition) is 6. The third-order valence-electron chi connectivity index (χ3n) is 9.04. The second-order valence-corrected chi connectivity index (χ2v) is 12.7. The topological polar surface area (TPSA) is 256 Å². The number of carbonyl (C=O) groups is 6. The largest absolute Gasteiger partial charge is 0.494 e. The Morgan fingerprint density at radius 1 is 0.877 bits per heavy atom. The third-order valence-corrected chi connectivity index (χ3v) is 9.04. The number of fused-ring (bicyclic) bond motifs is 1. The zero-order valence-electron chi connectivity index (χ0n) is 30.7. The molecule has 0 saturated carbocycles. The van der Waals surface area contributed by atoms with Gasteiger partial charge in [0.25, 0.3) is 23.6 Å². The number of rotatable bonds is 13. The molecule has 20 nitrogen and oxygen atoms in total. The summed E-state index contributed by atoms with van der Waals surface area (Å²) in [7, 11) is 4.75. The van der Waals surface area contributed by atoms with Crippen molar-refractivity contribution in [3.63, 3.8) is 0 Å². The van der Waals surface area contributed by atoms with Crippen LogP contribution in [0.2, 0.25) is 0 Å². The maximum Gasteiger partial charge on any atom is 0.273 e. The fraction of sp³-hybridized carbons (Fsp3) is 0.216. The molecule has 1 unspecified atom stereocenters. The van der Waals surface area contributed by atoms with Crippen molar-refractivity contribution >= 4 is 64.1 Å². The number of aromatic nitrogens is 6. The smallest absolute Gasteiger partial charge is 0.273 e. The van der Waals surface area contributed by atoms with Crippen LogP contribution in [0.1, 0.15) is 54.4 Å². The lowest BCUT2D eigenvalue weighted by molar-refractivity contribution is -0.136. The van der Waals surface area contributed by atoms with Crippen molar-refractivity contribution in [2.45, 2.75) is 18.9 Å². The molecule has 7 rings (SSSR count). The van der Waals surface area contributed by atoms with Gasteiger partial charge in [-0.3, -0.25) is 43.7 Å². The first kappa shape index (κ1) is 37.5. The number of piperidine rings is 1. The molecule has 2 aliphatic heterocycles. The van der Waals surface area contributed by atoms with E-state index in [0.29, 0.717) is 40.0 Å². The van der Waals surface area contributed by atoms with Crippen LogP contribution in [0.3, 0.4) is 0 Å². The number of methoxy groups -OCH3 is 1.